The Hall–Kier alpha value is -3.06. The van der Waals surface area contributed by atoms with Gasteiger partial charge in [-0.15, -0.1) is 0 Å². The summed E-state index contributed by atoms with van der Waals surface area (Å²) in [4.78, 5) is 15.5. The van der Waals surface area contributed by atoms with Gasteiger partial charge >= 0.3 is 0 Å². The van der Waals surface area contributed by atoms with Crippen molar-refractivity contribution >= 4 is 17.5 Å². The predicted molar refractivity (Wildman–Crippen MR) is 107 cm³/mol. The first-order chi connectivity index (χ1) is 13.0. The Bertz CT molecular complexity index is 898. The van der Waals surface area contributed by atoms with Gasteiger partial charge in [0.1, 0.15) is 11.6 Å². The summed E-state index contributed by atoms with van der Waals surface area (Å²) in [7, 11) is 4.02. The highest BCUT2D eigenvalue weighted by Crippen LogP contribution is 2.23. The topological polar surface area (TPSA) is 66.0 Å². The Morgan fingerprint density at radius 3 is 2.59 bits per heavy atom. The lowest BCUT2D eigenvalue weighted by atomic mass is 10.2. The Labute approximate surface area is 158 Å². The molecule has 0 aliphatic carbocycles. The van der Waals surface area contributed by atoms with E-state index in [1.165, 1.54) is 6.07 Å². The largest absolute Gasteiger partial charge is 0.353 e. The molecule has 0 radical (unpaired) electrons. The van der Waals surface area contributed by atoms with Crippen LogP contribution in [0.3, 0.4) is 0 Å². The van der Waals surface area contributed by atoms with Gasteiger partial charge in [-0.2, -0.15) is 4.98 Å². The standard InChI is InChI=1S/C20H23FN6/c1-14-12-15(7-8-16(14)21)24-19-13-18(17-6-4-5-9-22-17)25-20(26-19)23-10-11-27(2)3/h4-9,12-13H,10-11H2,1-3H3,(H2,23,24,25,26). The molecule has 0 bridgehead atoms. The number of benzene rings is 1. The monoisotopic (exact) mass is 366 g/mol. The molecule has 0 spiro atoms. The number of aromatic nitrogens is 3. The van der Waals surface area contributed by atoms with Gasteiger partial charge in [0.2, 0.25) is 5.95 Å². The third-order valence-electron chi connectivity index (χ3n) is 3.93. The summed E-state index contributed by atoms with van der Waals surface area (Å²) in [5, 5.41) is 6.47. The molecule has 2 N–H and O–H groups in total. The quantitative estimate of drug-likeness (QED) is 0.665. The van der Waals surface area contributed by atoms with Crippen LogP contribution in [0.1, 0.15) is 5.56 Å². The molecule has 0 aliphatic heterocycles. The predicted octanol–water partition coefficient (Wildman–Crippen LogP) is 3.70. The molecule has 7 heteroatoms. The Kier molecular flexibility index (Phi) is 5.93. The van der Waals surface area contributed by atoms with Crippen LogP contribution in [0.4, 0.5) is 21.8 Å². The number of nitrogens with zero attached hydrogens (tertiary/aromatic N) is 4. The summed E-state index contributed by atoms with van der Waals surface area (Å²) in [5.74, 6) is 0.897. The number of halogens is 1. The number of aryl methyl sites for hydroxylation is 1. The second-order valence-electron chi connectivity index (χ2n) is 6.50. The molecule has 0 aliphatic rings. The van der Waals surface area contributed by atoms with Gasteiger partial charge in [0, 0.05) is 31.0 Å². The summed E-state index contributed by atoms with van der Waals surface area (Å²) < 4.78 is 13.5. The zero-order valence-corrected chi connectivity index (χ0v) is 15.7. The molecule has 27 heavy (non-hydrogen) atoms. The molecule has 0 amide bonds. The molecule has 2 aromatic heterocycles. The molecule has 140 valence electrons. The first-order valence-corrected chi connectivity index (χ1v) is 8.73. The maximum absolute atomic E-state index is 13.5. The van der Waals surface area contributed by atoms with Crippen LogP contribution in [0.15, 0.2) is 48.7 Å². The van der Waals surface area contributed by atoms with Gasteiger partial charge in [-0.25, -0.2) is 9.37 Å². The molecule has 0 saturated carbocycles. The zero-order valence-electron chi connectivity index (χ0n) is 15.7. The van der Waals surface area contributed by atoms with Crippen molar-refractivity contribution in [2.75, 3.05) is 37.8 Å². The minimum absolute atomic E-state index is 0.233. The first kappa shape index (κ1) is 18.7. The van der Waals surface area contributed by atoms with Crippen LogP contribution in [-0.2, 0) is 0 Å². The minimum atomic E-state index is -0.233. The fraction of sp³-hybridized carbons (Fsp3) is 0.250. The Morgan fingerprint density at radius 2 is 1.89 bits per heavy atom. The number of likely N-dealkylation sites (N-methyl/N-ethyl adjacent to an activating group) is 1. The van der Waals surface area contributed by atoms with E-state index in [4.69, 9.17) is 0 Å². The highest BCUT2D eigenvalue weighted by molar-refractivity contribution is 5.65. The molecule has 0 saturated heterocycles. The van der Waals surface area contributed by atoms with Crippen molar-refractivity contribution in [2.45, 2.75) is 6.92 Å². The van der Waals surface area contributed by atoms with E-state index in [1.807, 2.05) is 38.4 Å². The van der Waals surface area contributed by atoms with E-state index in [0.29, 0.717) is 29.6 Å². The van der Waals surface area contributed by atoms with Gasteiger partial charge in [0.15, 0.2) is 0 Å². The van der Waals surface area contributed by atoms with Gasteiger partial charge in [-0.1, -0.05) is 6.07 Å². The smallest absolute Gasteiger partial charge is 0.225 e. The molecule has 2 heterocycles. The van der Waals surface area contributed by atoms with Crippen molar-refractivity contribution in [3.05, 3.63) is 60.0 Å². The molecule has 0 atom stereocenters. The number of pyridine rings is 1. The minimum Gasteiger partial charge on any atom is -0.353 e. The first-order valence-electron chi connectivity index (χ1n) is 8.73. The summed E-state index contributed by atoms with van der Waals surface area (Å²) >= 11 is 0. The van der Waals surface area contributed by atoms with E-state index in [-0.39, 0.29) is 5.82 Å². The van der Waals surface area contributed by atoms with Crippen molar-refractivity contribution < 1.29 is 4.39 Å². The van der Waals surface area contributed by atoms with E-state index in [2.05, 4.69) is 30.5 Å². The van der Waals surface area contributed by atoms with Crippen LogP contribution in [0.5, 0.6) is 0 Å². The van der Waals surface area contributed by atoms with Crippen molar-refractivity contribution in [2.24, 2.45) is 0 Å². The number of rotatable bonds is 7. The van der Waals surface area contributed by atoms with Crippen molar-refractivity contribution in [1.82, 2.24) is 19.9 Å². The maximum atomic E-state index is 13.5. The maximum Gasteiger partial charge on any atom is 0.225 e. The lowest BCUT2D eigenvalue weighted by molar-refractivity contribution is 0.425. The number of nitrogens with one attached hydrogen (secondary N) is 2. The summed E-state index contributed by atoms with van der Waals surface area (Å²) in [6.07, 6.45) is 1.73. The van der Waals surface area contributed by atoms with E-state index in [9.17, 15) is 4.39 Å². The molecular weight excluding hydrogens is 343 g/mol. The molecule has 3 aromatic rings. The lowest BCUT2D eigenvalue weighted by Gasteiger charge is -2.13. The highest BCUT2D eigenvalue weighted by Gasteiger charge is 2.09. The average molecular weight is 366 g/mol. The van der Waals surface area contributed by atoms with Crippen molar-refractivity contribution in [3.8, 4) is 11.4 Å². The van der Waals surface area contributed by atoms with Crippen molar-refractivity contribution in [1.29, 1.82) is 0 Å². The van der Waals surface area contributed by atoms with Crippen LogP contribution in [0, 0.1) is 12.7 Å². The number of anilines is 3. The van der Waals surface area contributed by atoms with E-state index < -0.39 is 0 Å². The van der Waals surface area contributed by atoms with Crippen LogP contribution < -0.4 is 10.6 Å². The highest BCUT2D eigenvalue weighted by atomic mass is 19.1. The summed E-state index contributed by atoms with van der Waals surface area (Å²) in [6, 6.07) is 12.4. The average Bonchev–Trinajstić information content (AvgIpc) is 2.65. The number of hydrogen-bond donors (Lipinski definition) is 2. The third-order valence-corrected chi connectivity index (χ3v) is 3.93. The van der Waals surface area contributed by atoms with Gasteiger partial charge in [-0.3, -0.25) is 4.98 Å². The fourth-order valence-electron chi connectivity index (χ4n) is 2.50. The normalized spacial score (nSPS) is 10.9. The summed E-state index contributed by atoms with van der Waals surface area (Å²) in [5.41, 5.74) is 2.80. The van der Waals surface area contributed by atoms with Gasteiger partial charge in [-0.05, 0) is 56.9 Å². The zero-order chi connectivity index (χ0) is 19.2. The molecule has 6 nitrogen and oxygen atoms in total. The van der Waals surface area contributed by atoms with Gasteiger partial charge < -0.3 is 15.5 Å². The van der Waals surface area contributed by atoms with Crippen molar-refractivity contribution in [3.63, 3.8) is 0 Å². The molecule has 1 aromatic carbocycles. The van der Waals surface area contributed by atoms with Gasteiger partial charge in [0.05, 0.1) is 11.4 Å². The lowest BCUT2D eigenvalue weighted by Crippen LogP contribution is -2.21. The molecule has 0 fully saturated rings. The number of hydrogen-bond acceptors (Lipinski definition) is 6. The molecular formula is C20H23FN6. The Balaban J connectivity index is 1.90. The second-order valence-corrected chi connectivity index (χ2v) is 6.50. The fourth-order valence-corrected chi connectivity index (χ4v) is 2.50. The van der Waals surface area contributed by atoms with E-state index in [1.54, 1.807) is 25.3 Å². The van der Waals surface area contributed by atoms with Crippen LogP contribution >= 0.6 is 0 Å². The second kappa shape index (κ2) is 8.55. The summed E-state index contributed by atoms with van der Waals surface area (Å²) in [6.45, 7) is 3.30. The van der Waals surface area contributed by atoms with Crippen LogP contribution in [-0.4, -0.2) is 47.0 Å². The molecule has 0 unspecified atom stereocenters. The van der Waals surface area contributed by atoms with Gasteiger partial charge in [0.25, 0.3) is 0 Å². The van der Waals surface area contributed by atoms with Crippen LogP contribution in [0.25, 0.3) is 11.4 Å². The third kappa shape index (κ3) is 5.21. The van der Waals surface area contributed by atoms with E-state index in [0.717, 1.165) is 17.9 Å². The van der Waals surface area contributed by atoms with E-state index >= 15 is 0 Å². The molecule has 3 rings (SSSR count). The van der Waals surface area contributed by atoms with Crippen LogP contribution in [0.2, 0.25) is 0 Å². The Morgan fingerprint density at radius 1 is 1.04 bits per heavy atom. The SMILES string of the molecule is Cc1cc(Nc2cc(-c3ccccn3)nc(NCCN(C)C)n2)ccc1F.